The van der Waals surface area contributed by atoms with E-state index < -0.39 is 6.04 Å². The predicted octanol–water partition coefficient (Wildman–Crippen LogP) is 5.75. The molecule has 4 aromatic rings. The third-order valence-electron chi connectivity index (χ3n) is 6.01. The average Bonchev–Trinajstić information content (AvgIpc) is 3.45. The molecule has 0 saturated carbocycles. The number of amides is 1. The SMILES string of the molecule is CC(C)C[C@H](C(=O)NCc1ccc(Cl)cc1)N(C)c1cc(-n2ccnc2)nc(NCc2cccc(Cl)c2)n1. The number of carbonyl (C=O) groups excluding carboxylic acids is 1. The highest BCUT2D eigenvalue weighted by molar-refractivity contribution is 6.30. The summed E-state index contributed by atoms with van der Waals surface area (Å²) in [5.41, 5.74) is 1.98. The predicted molar refractivity (Wildman–Crippen MR) is 153 cm³/mol. The Morgan fingerprint density at radius 2 is 1.79 bits per heavy atom. The molecule has 2 heterocycles. The van der Waals surface area contributed by atoms with E-state index in [1.165, 1.54) is 0 Å². The van der Waals surface area contributed by atoms with Gasteiger partial charge in [0, 0.05) is 48.6 Å². The minimum Gasteiger partial charge on any atom is -0.350 e. The van der Waals surface area contributed by atoms with Crippen molar-refractivity contribution < 1.29 is 4.79 Å². The number of likely N-dealkylation sites (N-methyl/N-ethyl adjacent to an activating group) is 1. The Hall–Kier alpha value is -3.62. The zero-order valence-electron chi connectivity index (χ0n) is 21.6. The van der Waals surface area contributed by atoms with Gasteiger partial charge in [-0.3, -0.25) is 9.36 Å². The van der Waals surface area contributed by atoms with Crippen LogP contribution < -0.4 is 15.5 Å². The van der Waals surface area contributed by atoms with E-state index in [4.69, 9.17) is 28.2 Å². The lowest BCUT2D eigenvalue weighted by atomic mass is 10.0. The molecule has 198 valence electrons. The van der Waals surface area contributed by atoms with E-state index in [-0.39, 0.29) is 5.91 Å². The van der Waals surface area contributed by atoms with Gasteiger partial charge in [-0.25, -0.2) is 4.98 Å². The highest BCUT2D eigenvalue weighted by Crippen LogP contribution is 2.23. The molecule has 0 aliphatic carbocycles. The summed E-state index contributed by atoms with van der Waals surface area (Å²) >= 11 is 12.1. The number of halogens is 2. The van der Waals surface area contributed by atoms with Crippen LogP contribution in [0.15, 0.2) is 73.3 Å². The summed E-state index contributed by atoms with van der Waals surface area (Å²) in [6.45, 7) is 5.10. The highest BCUT2D eigenvalue weighted by atomic mass is 35.5. The first-order valence-electron chi connectivity index (χ1n) is 12.4. The van der Waals surface area contributed by atoms with Crippen LogP contribution in [0.5, 0.6) is 0 Å². The number of imidazole rings is 1. The van der Waals surface area contributed by atoms with Gasteiger partial charge in [-0.15, -0.1) is 0 Å². The van der Waals surface area contributed by atoms with Crippen molar-refractivity contribution in [2.24, 2.45) is 5.92 Å². The Labute approximate surface area is 233 Å². The quantitative estimate of drug-likeness (QED) is 0.247. The summed E-state index contributed by atoms with van der Waals surface area (Å²) in [5, 5.41) is 7.69. The fraction of sp³-hybridized carbons (Fsp3) is 0.286. The Morgan fingerprint density at radius 3 is 2.47 bits per heavy atom. The third-order valence-corrected chi connectivity index (χ3v) is 6.50. The fourth-order valence-corrected chi connectivity index (χ4v) is 4.33. The van der Waals surface area contributed by atoms with Crippen LogP contribution in [-0.4, -0.2) is 38.5 Å². The Bertz CT molecular complexity index is 1340. The molecule has 8 nitrogen and oxygen atoms in total. The summed E-state index contributed by atoms with van der Waals surface area (Å²) in [6.07, 6.45) is 5.84. The second kappa shape index (κ2) is 12.8. The lowest BCUT2D eigenvalue weighted by Gasteiger charge is -2.30. The second-order valence-corrected chi connectivity index (χ2v) is 10.3. The van der Waals surface area contributed by atoms with Crippen LogP contribution in [0.2, 0.25) is 10.0 Å². The molecule has 1 atom stereocenters. The minimum atomic E-state index is -0.436. The van der Waals surface area contributed by atoms with Gasteiger partial charge in [0.15, 0.2) is 0 Å². The minimum absolute atomic E-state index is 0.0765. The van der Waals surface area contributed by atoms with Gasteiger partial charge in [-0.05, 0) is 47.7 Å². The molecule has 0 aliphatic heterocycles. The molecule has 0 aliphatic rings. The first kappa shape index (κ1) is 27.4. The zero-order chi connectivity index (χ0) is 27.1. The summed E-state index contributed by atoms with van der Waals surface area (Å²) in [5.74, 6) is 1.90. The van der Waals surface area contributed by atoms with Crippen molar-refractivity contribution in [3.8, 4) is 5.82 Å². The molecule has 0 unspecified atom stereocenters. The van der Waals surface area contributed by atoms with Gasteiger partial charge in [0.05, 0.1) is 0 Å². The average molecular weight is 553 g/mol. The number of nitrogens with one attached hydrogen (secondary N) is 2. The molecule has 4 rings (SSSR count). The van der Waals surface area contributed by atoms with Crippen molar-refractivity contribution in [1.29, 1.82) is 0 Å². The highest BCUT2D eigenvalue weighted by Gasteiger charge is 2.26. The molecular formula is C28H31Cl2N7O. The van der Waals surface area contributed by atoms with Crippen molar-refractivity contribution in [2.45, 2.75) is 39.4 Å². The van der Waals surface area contributed by atoms with Crippen molar-refractivity contribution in [3.63, 3.8) is 0 Å². The van der Waals surface area contributed by atoms with Crippen molar-refractivity contribution >= 4 is 40.9 Å². The number of rotatable bonds is 11. The van der Waals surface area contributed by atoms with Crippen LogP contribution in [-0.2, 0) is 17.9 Å². The van der Waals surface area contributed by atoms with Gasteiger partial charge < -0.3 is 15.5 Å². The number of carbonyl (C=O) groups is 1. The van der Waals surface area contributed by atoms with Gasteiger partial charge in [0.1, 0.15) is 24.0 Å². The van der Waals surface area contributed by atoms with Crippen molar-refractivity contribution in [1.82, 2.24) is 24.8 Å². The summed E-state index contributed by atoms with van der Waals surface area (Å²) in [7, 11) is 1.88. The van der Waals surface area contributed by atoms with Crippen LogP contribution in [0, 0.1) is 5.92 Å². The molecule has 0 bridgehead atoms. The first-order chi connectivity index (χ1) is 18.3. The van der Waals surface area contributed by atoms with Crippen LogP contribution in [0.1, 0.15) is 31.4 Å². The van der Waals surface area contributed by atoms with Crippen LogP contribution in [0.3, 0.4) is 0 Å². The largest absolute Gasteiger partial charge is 0.350 e. The topological polar surface area (TPSA) is 88.0 Å². The Morgan fingerprint density at radius 1 is 1.00 bits per heavy atom. The molecule has 2 N–H and O–H groups in total. The molecule has 0 radical (unpaired) electrons. The van der Waals surface area contributed by atoms with E-state index in [0.717, 1.165) is 11.1 Å². The molecule has 0 fully saturated rings. The van der Waals surface area contributed by atoms with Gasteiger partial charge in [-0.1, -0.05) is 61.3 Å². The molecule has 2 aromatic carbocycles. The van der Waals surface area contributed by atoms with E-state index in [0.29, 0.717) is 53.1 Å². The maximum atomic E-state index is 13.4. The molecule has 0 spiro atoms. The lowest BCUT2D eigenvalue weighted by Crippen LogP contribution is -2.46. The van der Waals surface area contributed by atoms with Gasteiger partial charge in [0.2, 0.25) is 11.9 Å². The number of benzene rings is 2. The number of anilines is 2. The van der Waals surface area contributed by atoms with E-state index in [1.807, 2.05) is 77.3 Å². The first-order valence-corrected chi connectivity index (χ1v) is 13.1. The summed E-state index contributed by atoms with van der Waals surface area (Å²) in [6, 6.07) is 16.5. The van der Waals surface area contributed by atoms with Crippen LogP contribution in [0.4, 0.5) is 11.8 Å². The van der Waals surface area contributed by atoms with E-state index in [2.05, 4.69) is 34.4 Å². The molecule has 2 aromatic heterocycles. The normalized spacial score (nSPS) is 11.8. The number of aromatic nitrogens is 4. The number of hydrogen-bond donors (Lipinski definition) is 2. The second-order valence-electron chi connectivity index (χ2n) is 9.46. The summed E-state index contributed by atoms with van der Waals surface area (Å²) < 4.78 is 1.81. The van der Waals surface area contributed by atoms with Crippen LogP contribution in [0.25, 0.3) is 5.82 Å². The molecular weight excluding hydrogens is 521 g/mol. The third kappa shape index (κ3) is 7.46. The van der Waals surface area contributed by atoms with E-state index in [1.54, 1.807) is 12.5 Å². The maximum absolute atomic E-state index is 13.4. The van der Waals surface area contributed by atoms with E-state index in [9.17, 15) is 4.79 Å². The fourth-order valence-electron chi connectivity index (χ4n) is 3.99. The smallest absolute Gasteiger partial charge is 0.243 e. The van der Waals surface area contributed by atoms with Gasteiger partial charge in [0.25, 0.3) is 0 Å². The molecule has 38 heavy (non-hydrogen) atoms. The molecule has 0 saturated heterocycles. The number of nitrogens with zero attached hydrogens (tertiary/aromatic N) is 5. The van der Waals surface area contributed by atoms with Crippen LogP contribution >= 0.6 is 23.2 Å². The van der Waals surface area contributed by atoms with Gasteiger partial charge >= 0.3 is 0 Å². The van der Waals surface area contributed by atoms with E-state index >= 15 is 0 Å². The maximum Gasteiger partial charge on any atom is 0.243 e. The standard InChI is InChI=1S/C28H31Cl2N7O/c1-19(2)13-24(27(38)32-16-20-7-9-22(29)10-8-20)36(3)25-15-26(37-12-11-31-18-37)35-28(34-25)33-17-21-5-4-6-23(30)14-21/h4-12,14-15,18-19,24H,13,16-17H2,1-3H3,(H,32,38)(H,33,34,35)/t24-/m1/s1. The van der Waals surface area contributed by atoms with Gasteiger partial charge in [-0.2, -0.15) is 9.97 Å². The zero-order valence-corrected chi connectivity index (χ0v) is 23.1. The molecule has 10 heteroatoms. The monoisotopic (exact) mass is 551 g/mol. The lowest BCUT2D eigenvalue weighted by molar-refractivity contribution is -0.122. The number of hydrogen-bond acceptors (Lipinski definition) is 6. The van der Waals surface area contributed by atoms with Crippen molar-refractivity contribution in [2.75, 3.05) is 17.3 Å². The van der Waals surface area contributed by atoms with Crippen molar-refractivity contribution in [3.05, 3.63) is 94.5 Å². The summed E-state index contributed by atoms with van der Waals surface area (Å²) in [4.78, 5) is 28.9. The Kier molecular flexibility index (Phi) is 9.20. The Balaban J connectivity index is 1.58. The molecule has 1 amide bonds.